The van der Waals surface area contributed by atoms with E-state index in [2.05, 4.69) is 18.7 Å². The number of carbonyl (C=O) groups excluding carboxylic acids is 1. The fourth-order valence-corrected chi connectivity index (χ4v) is 5.74. The molecule has 0 spiro atoms. The molecular weight excluding hydrogens is 348 g/mol. The second-order valence-corrected chi connectivity index (χ2v) is 9.80. The Morgan fingerprint density at radius 1 is 0.962 bits per heavy atom. The summed E-state index contributed by atoms with van der Waals surface area (Å²) in [5, 5.41) is 0. The summed E-state index contributed by atoms with van der Waals surface area (Å²) < 4.78 is 27.2. The molecule has 2 heterocycles. The third kappa shape index (κ3) is 3.81. The van der Waals surface area contributed by atoms with Crippen molar-refractivity contribution in [3.05, 3.63) is 29.8 Å². The number of likely N-dealkylation sites (tertiary alicyclic amines) is 1. The van der Waals surface area contributed by atoms with Crippen molar-refractivity contribution in [2.24, 2.45) is 5.92 Å². The minimum atomic E-state index is -3.47. The largest absolute Gasteiger partial charge is 0.337 e. The molecule has 5 nitrogen and oxygen atoms in total. The molecule has 2 saturated heterocycles. The van der Waals surface area contributed by atoms with Gasteiger partial charge in [0.1, 0.15) is 0 Å². The number of hydrogen-bond donors (Lipinski definition) is 0. The Bertz CT molecular complexity index is 727. The highest BCUT2D eigenvalue weighted by Gasteiger charge is 2.37. The van der Waals surface area contributed by atoms with Gasteiger partial charge in [-0.1, -0.05) is 17.7 Å². The lowest BCUT2D eigenvalue weighted by atomic mass is 9.91. The zero-order valence-corrected chi connectivity index (χ0v) is 16.8. The fourth-order valence-electron chi connectivity index (χ4n) is 4.27. The van der Waals surface area contributed by atoms with Crippen LogP contribution in [-0.2, 0) is 14.8 Å². The van der Waals surface area contributed by atoms with Crippen LogP contribution in [-0.4, -0.2) is 48.7 Å². The van der Waals surface area contributed by atoms with E-state index in [9.17, 15) is 13.2 Å². The minimum Gasteiger partial charge on any atom is -0.337 e. The lowest BCUT2D eigenvalue weighted by molar-refractivity contribution is -0.143. The first-order chi connectivity index (χ1) is 12.3. The van der Waals surface area contributed by atoms with Gasteiger partial charge in [0.15, 0.2) is 0 Å². The van der Waals surface area contributed by atoms with Crippen LogP contribution in [0.4, 0.5) is 0 Å². The molecule has 0 aromatic heterocycles. The predicted molar refractivity (Wildman–Crippen MR) is 102 cm³/mol. The molecule has 2 atom stereocenters. The van der Waals surface area contributed by atoms with Crippen LogP contribution in [0, 0.1) is 12.8 Å². The standard InChI is InChI=1S/C20H30N2O3S/c1-15-7-9-19(10-8-15)26(24,25)21-13-11-18(12-14-21)20(23)22-16(2)5-4-6-17(22)3/h7-10,16-18H,4-6,11-14H2,1-3H3/t16-,17-/m0/s1. The third-order valence-corrected chi connectivity index (χ3v) is 7.82. The highest BCUT2D eigenvalue weighted by Crippen LogP contribution is 2.29. The van der Waals surface area contributed by atoms with Crippen molar-refractivity contribution in [1.82, 2.24) is 9.21 Å². The number of benzene rings is 1. The van der Waals surface area contributed by atoms with Gasteiger partial charge in [-0.15, -0.1) is 0 Å². The topological polar surface area (TPSA) is 57.7 Å². The molecule has 0 unspecified atom stereocenters. The minimum absolute atomic E-state index is 0.0533. The van der Waals surface area contributed by atoms with Crippen LogP contribution in [0.5, 0.6) is 0 Å². The van der Waals surface area contributed by atoms with Gasteiger partial charge >= 0.3 is 0 Å². The van der Waals surface area contributed by atoms with Crippen molar-refractivity contribution in [2.45, 2.75) is 69.9 Å². The second-order valence-electron chi connectivity index (χ2n) is 7.87. The molecule has 0 bridgehead atoms. The first-order valence-corrected chi connectivity index (χ1v) is 11.1. The van der Waals surface area contributed by atoms with E-state index in [1.165, 1.54) is 10.7 Å². The highest BCUT2D eigenvalue weighted by atomic mass is 32.2. The summed E-state index contributed by atoms with van der Waals surface area (Å²) in [6.45, 7) is 7.04. The van der Waals surface area contributed by atoms with E-state index in [1.807, 2.05) is 19.1 Å². The third-order valence-electron chi connectivity index (χ3n) is 5.91. The van der Waals surface area contributed by atoms with Crippen LogP contribution in [0.15, 0.2) is 29.2 Å². The molecule has 2 aliphatic rings. The Kier molecular flexibility index (Phi) is 5.72. The van der Waals surface area contributed by atoms with Crippen molar-refractivity contribution in [3.63, 3.8) is 0 Å². The predicted octanol–water partition coefficient (Wildman–Crippen LogP) is 3.19. The summed E-state index contributed by atoms with van der Waals surface area (Å²) in [4.78, 5) is 15.4. The summed E-state index contributed by atoms with van der Waals surface area (Å²) in [7, 11) is -3.47. The first kappa shape index (κ1) is 19.4. The lowest BCUT2D eigenvalue weighted by Gasteiger charge is -2.42. The van der Waals surface area contributed by atoms with Crippen LogP contribution < -0.4 is 0 Å². The zero-order valence-electron chi connectivity index (χ0n) is 16.0. The second kappa shape index (κ2) is 7.69. The van der Waals surface area contributed by atoms with Gasteiger partial charge in [-0.05, 0) is 65.0 Å². The average Bonchev–Trinajstić information content (AvgIpc) is 2.62. The van der Waals surface area contributed by atoms with Crippen LogP contribution in [0.3, 0.4) is 0 Å². The van der Waals surface area contributed by atoms with E-state index < -0.39 is 10.0 Å². The number of aryl methyl sites for hydroxylation is 1. The van der Waals surface area contributed by atoms with E-state index in [0.717, 1.165) is 18.4 Å². The van der Waals surface area contributed by atoms with E-state index in [-0.39, 0.29) is 11.8 Å². The average molecular weight is 379 g/mol. The van der Waals surface area contributed by atoms with Crippen LogP contribution >= 0.6 is 0 Å². The molecule has 0 N–H and O–H groups in total. The van der Waals surface area contributed by atoms with Gasteiger partial charge in [-0.3, -0.25) is 4.79 Å². The van der Waals surface area contributed by atoms with Crippen molar-refractivity contribution in [1.29, 1.82) is 0 Å². The molecule has 1 amide bonds. The smallest absolute Gasteiger partial charge is 0.243 e. The van der Waals surface area contributed by atoms with Crippen molar-refractivity contribution < 1.29 is 13.2 Å². The fraction of sp³-hybridized carbons (Fsp3) is 0.650. The lowest BCUT2D eigenvalue weighted by Crippen LogP contribution is -2.52. The number of piperidine rings is 2. The van der Waals surface area contributed by atoms with Crippen molar-refractivity contribution in [2.75, 3.05) is 13.1 Å². The molecule has 6 heteroatoms. The maximum absolute atomic E-state index is 13.0. The molecule has 2 fully saturated rings. The Hall–Kier alpha value is -1.40. The number of rotatable bonds is 3. The van der Waals surface area contributed by atoms with Gasteiger partial charge in [0.05, 0.1) is 4.90 Å². The highest BCUT2D eigenvalue weighted by molar-refractivity contribution is 7.89. The molecule has 144 valence electrons. The normalized spacial score (nSPS) is 26.0. The van der Waals surface area contributed by atoms with Crippen LogP contribution in [0.2, 0.25) is 0 Å². The summed E-state index contributed by atoms with van der Waals surface area (Å²) in [5.41, 5.74) is 1.04. The van der Waals surface area contributed by atoms with Gasteiger partial charge < -0.3 is 4.90 Å². The molecule has 1 aromatic carbocycles. The maximum Gasteiger partial charge on any atom is 0.243 e. The van der Waals surface area contributed by atoms with Crippen molar-refractivity contribution in [3.8, 4) is 0 Å². The van der Waals surface area contributed by atoms with Gasteiger partial charge in [-0.2, -0.15) is 4.31 Å². The van der Waals surface area contributed by atoms with E-state index >= 15 is 0 Å². The molecular formula is C20H30N2O3S. The molecule has 3 rings (SSSR count). The summed E-state index contributed by atoms with van der Waals surface area (Å²) in [6.07, 6.45) is 4.53. The quantitative estimate of drug-likeness (QED) is 0.812. The molecule has 1 aromatic rings. The van der Waals surface area contributed by atoms with E-state index in [1.54, 1.807) is 12.1 Å². The Morgan fingerprint density at radius 3 is 2.04 bits per heavy atom. The van der Waals surface area contributed by atoms with Crippen LogP contribution in [0.25, 0.3) is 0 Å². The van der Waals surface area contributed by atoms with Gasteiger partial charge in [0.25, 0.3) is 0 Å². The van der Waals surface area contributed by atoms with Crippen molar-refractivity contribution >= 4 is 15.9 Å². The summed E-state index contributed by atoms with van der Waals surface area (Å²) in [6, 6.07) is 7.56. The van der Waals surface area contributed by atoms with Gasteiger partial charge in [0, 0.05) is 31.1 Å². The summed E-state index contributed by atoms with van der Waals surface area (Å²) >= 11 is 0. The van der Waals surface area contributed by atoms with Gasteiger partial charge in [0.2, 0.25) is 15.9 Å². The number of sulfonamides is 1. The SMILES string of the molecule is Cc1ccc(S(=O)(=O)N2CCC(C(=O)N3[C@@H](C)CCC[C@@H]3C)CC2)cc1. The number of carbonyl (C=O) groups is 1. The number of hydrogen-bond acceptors (Lipinski definition) is 3. The zero-order chi connectivity index (χ0) is 18.9. The molecule has 0 saturated carbocycles. The van der Waals surface area contributed by atoms with E-state index in [4.69, 9.17) is 0 Å². The monoisotopic (exact) mass is 378 g/mol. The summed E-state index contributed by atoms with van der Waals surface area (Å²) in [5.74, 6) is 0.166. The number of amides is 1. The van der Waals surface area contributed by atoms with E-state index in [0.29, 0.717) is 42.9 Å². The maximum atomic E-state index is 13.0. The molecule has 0 radical (unpaired) electrons. The van der Waals surface area contributed by atoms with Crippen LogP contribution in [0.1, 0.15) is 51.5 Å². The molecule has 26 heavy (non-hydrogen) atoms. The number of nitrogens with zero attached hydrogens (tertiary/aromatic N) is 2. The Labute approximate surface area is 157 Å². The first-order valence-electron chi connectivity index (χ1n) is 9.69. The molecule has 2 aliphatic heterocycles. The Balaban J connectivity index is 1.65. The molecule has 0 aliphatic carbocycles. The Morgan fingerprint density at radius 2 is 1.50 bits per heavy atom. The van der Waals surface area contributed by atoms with Gasteiger partial charge in [-0.25, -0.2) is 8.42 Å².